The van der Waals surface area contributed by atoms with Crippen LogP contribution in [-0.4, -0.2) is 16.9 Å². The highest BCUT2D eigenvalue weighted by atomic mass is 15.2. The van der Waals surface area contributed by atoms with E-state index in [1.54, 1.807) is 6.20 Å². The van der Waals surface area contributed by atoms with Crippen molar-refractivity contribution in [3.63, 3.8) is 0 Å². The molecule has 100 valence electrons. The first-order valence-corrected chi connectivity index (χ1v) is 6.33. The Morgan fingerprint density at radius 2 is 1.79 bits per heavy atom. The Bertz CT molecular complexity index is 522. The summed E-state index contributed by atoms with van der Waals surface area (Å²) in [6.07, 6.45) is 1.77. The number of nitrogens with one attached hydrogen (secondary N) is 1. The van der Waals surface area contributed by atoms with Gasteiger partial charge in [-0.25, -0.2) is 10.8 Å². The maximum absolute atomic E-state index is 5.36. The van der Waals surface area contributed by atoms with Crippen LogP contribution in [0.1, 0.15) is 16.7 Å². The molecule has 4 nitrogen and oxygen atoms in total. The molecular formula is C15H20N4. The van der Waals surface area contributed by atoms with E-state index in [1.165, 1.54) is 16.7 Å². The van der Waals surface area contributed by atoms with Crippen molar-refractivity contribution in [3.8, 4) is 0 Å². The number of nitrogen functional groups attached to an aromatic ring is 1. The molecule has 3 N–H and O–H groups in total. The molecule has 0 radical (unpaired) electrons. The van der Waals surface area contributed by atoms with E-state index < -0.39 is 0 Å². The van der Waals surface area contributed by atoms with Crippen molar-refractivity contribution in [1.82, 2.24) is 9.88 Å². The zero-order chi connectivity index (χ0) is 13.7. The lowest BCUT2D eigenvalue weighted by molar-refractivity contribution is 0.319. The fourth-order valence-electron chi connectivity index (χ4n) is 2.02. The number of pyridine rings is 1. The second-order valence-corrected chi connectivity index (χ2v) is 4.85. The third kappa shape index (κ3) is 4.05. The van der Waals surface area contributed by atoms with Crippen LogP contribution in [0, 0.1) is 6.92 Å². The average Bonchev–Trinajstić information content (AvgIpc) is 2.41. The molecule has 0 aliphatic carbocycles. The third-order valence-corrected chi connectivity index (χ3v) is 3.00. The molecule has 0 atom stereocenters. The lowest BCUT2D eigenvalue weighted by atomic mass is 10.1. The Kier molecular flexibility index (Phi) is 4.49. The van der Waals surface area contributed by atoms with Gasteiger partial charge in [0.05, 0.1) is 0 Å². The summed E-state index contributed by atoms with van der Waals surface area (Å²) in [5.74, 6) is 6.06. The Balaban J connectivity index is 1.96. The van der Waals surface area contributed by atoms with Crippen molar-refractivity contribution in [2.24, 2.45) is 5.84 Å². The number of aryl methyl sites for hydroxylation is 1. The van der Waals surface area contributed by atoms with Gasteiger partial charge in [0, 0.05) is 19.3 Å². The number of nitrogens with zero attached hydrogens (tertiary/aromatic N) is 2. The van der Waals surface area contributed by atoms with Gasteiger partial charge in [-0.2, -0.15) is 0 Å². The molecule has 0 amide bonds. The van der Waals surface area contributed by atoms with Gasteiger partial charge < -0.3 is 5.43 Å². The number of aromatic nitrogens is 1. The van der Waals surface area contributed by atoms with Gasteiger partial charge >= 0.3 is 0 Å². The molecule has 0 aliphatic rings. The van der Waals surface area contributed by atoms with Crippen LogP contribution >= 0.6 is 0 Å². The first kappa shape index (κ1) is 13.5. The minimum atomic E-state index is 0.696. The molecule has 0 saturated heterocycles. The van der Waals surface area contributed by atoms with E-state index in [4.69, 9.17) is 5.84 Å². The number of hydrazine groups is 1. The summed E-state index contributed by atoms with van der Waals surface area (Å²) in [5.41, 5.74) is 6.37. The van der Waals surface area contributed by atoms with Gasteiger partial charge in [0.15, 0.2) is 0 Å². The highest BCUT2D eigenvalue weighted by molar-refractivity contribution is 5.35. The quantitative estimate of drug-likeness (QED) is 0.636. The third-order valence-electron chi connectivity index (χ3n) is 3.00. The Labute approximate surface area is 114 Å². The largest absolute Gasteiger partial charge is 0.308 e. The van der Waals surface area contributed by atoms with Crippen LogP contribution in [0.2, 0.25) is 0 Å². The normalized spacial score (nSPS) is 10.7. The van der Waals surface area contributed by atoms with Crippen LogP contribution in [0.15, 0.2) is 42.6 Å². The minimum absolute atomic E-state index is 0.696. The van der Waals surface area contributed by atoms with E-state index in [-0.39, 0.29) is 0 Å². The van der Waals surface area contributed by atoms with Gasteiger partial charge in [0.1, 0.15) is 5.82 Å². The molecule has 0 saturated carbocycles. The highest BCUT2D eigenvalue weighted by Crippen LogP contribution is 2.11. The molecule has 0 bridgehead atoms. The van der Waals surface area contributed by atoms with Crippen LogP contribution in [0.3, 0.4) is 0 Å². The van der Waals surface area contributed by atoms with Gasteiger partial charge in [0.2, 0.25) is 0 Å². The molecule has 0 fully saturated rings. The van der Waals surface area contributed by atoms with Crippen molar-refractivity contribution >= 4 is 5.82 Å². The lowest BCUT2D eigenvalue weighted by Gasteiger charge is -2.17. The highest BCUT2D eigenvalue weighted by Gasteiger charge is 2.03. The summed E-state index contributed by atoms with van der Waals surface area (Å²) in [6.45, 7) is 3.89. The number of nitrogens with two attached hydrogens (primary N) is 1. The number of benzene rings is 1. The topological polar surface area (TPSA) is 54.2 Å². The molecule has 1 aromatic heterocycles. The maximum atomic E-state index is 5.36. The van der Waals surface area contributed by atoms with E-state index in [0.717, 1.165) is 13.1 Å². The van der Waals surface area contributed by atoms with E-state index in [2.05, 4.69) is 53.5 Å². The fraction of sp³-hybridized carbons (Fsp3) is 0.267. The number of anilines is 1. The summed E-state index contributed by atoms with van der Waals surface area (Å²) in [4.78, 5) is 6.37. The Hall–Kier alpha value is -1.91. The van der Waals surface area contributed by atoms with Gasteiger partial charge in [-0.15, -0.1) is 0 Å². The molecule has 19 heavy (non-hydrogen) atoms. The summed E-state index contributed by atoms with van der Waals surface area (Å²) < 4.78 is 0. The Morgan fingerprint density at radius 3 is 2.47 bits per heavy atom. The van der Waals surface area contributed by atoms with Gasteiger partial charge in [-0.3, -0.25) is 4.90 Å². The van der Waals surface area contributed by atoms with E-state index in [0.29, 0.717) is 5.82 Å². The molecule has 1 aromatic carbocycles. The molecule has 0 spiro atoms. The average molecular weight is 256 g/mol. The van der Waals surface area contributed by atoms with Crippen molar-refractivity contribution in [3.05, 3.63) is 59.3 Å². The van der Waals surface area contributed by atoms with Crippen molar-refractivity contribution in [2.45, 2.75) is 20.0 Å². The number of hydrogen-bond donors (Lipinski definition) is 2. The standard InChI is InChI=1S/C15H20N4/c1-12-3-5-13(6-4-12)10-19(2)11-14-7-8-17-15(9-14)18-16/h3-9H,10-11,16H2,1-2H3,(H,17,18). The predicted molar refractivity (Wildman–Crippen MR) is 78.4 cm³/mol. The zero-order valence-corrected chi connectivity index (χ0v) is 11.4. The SMILES string of the molecule is Cc1ccc(CN(C)Cc2ccnc(NN)c2)cc1. The summed E-state index contributed by atoms with van der Waals surface area (Å²) in [6, 6.07) is 12.6. The molecule has 1 heterocycles. The molecule has 2 rings (SSSR count). The molecule has 2 aromatic rings. The second-order valence-electron chi connectivity index (χ2n) is 4.85. The Morgan fingerprint density at radius 1 is 1.11 bits per heavy atom. The summed E-state index contributed by atoms with van der Waals surface area (Å²) in [5, 5.41) is 0. The van der Waals surface area contributed by atoms with Gasteiger partial charge in [-0.1, -0.05) is 29.8 Å². The van der Waals surface area contributed by atoms with Crippen LogP contribution in [0.25, 0.3) is 0 Å². The fourth-order valence-corrected chi connectivity index (χ4v) is 2.02. The second kappa shape index (κ2) is 6.31. The number of rotatable bonds is 5. The molecule has 0 aliphatic heterocycles. The van der Waals surface area contributed by atoms with E-state index in [1.807, 2.05) is 12.1 Å². The monoisotopic (exact) mass is 256 g/mol. The first-order valence-electron chi connectivity index (χ1n) is 6.33. The summed E-state index contributed by atoms with van der Waals surface area (Å²) >= 11 is 0. The van der Waals surface area contributed by atoms with Gasteiger partial charge in [0.25, 0.3) is 0 Å². The predicted octanol–water partition coefficient (Wildman–Crippen LogP) is 2.31. The molecule has 0 unspecified atom stereocenters. The lowest BCUT2D eigenvalue weighted by Crippen LogP contribution is -2.17. The maximum Gasteiger partial charge on any atom is 0.140 e. The van der Waals surface area contributed by atoms with Crippen molar-refractivity contribution in [1.29, 1.82) is 0 Å². The van der Waals surface area contributed by atoms with E-state index >= 15 is 0 Å². The van der Waals surface area contributed by atoms with Crippen LogP contribution < -0.4 is 11.3 Å². The van der Waals surface area contributed by atoms with Crippen LogP contribution in [-0.2, 0) is 13.1 Å². The minimum Gasteiger partial charge on any atom is -0.308 e. The summed E-state index contributed by atoms with van der Waals surface area (Å²) in [7, 11) is 2.11. The van der Waals surface area contributed by atoms with E-state index in [9.17, 15) is 0 Å². The van der Waals surface area contributed by atoms with Crippen molar-refractivity contribution < 1.29 is 0 Å². The van der Waals surface area contributed by atoms with Gasteiger partial charge in [-0.05, 0) is 37.2 Å². The first-order chi connectivity index (χ1) is 9.17. The zero-order valence-electron chi connectivity index (χ0n) is 11.4. The smallest absolute Gasteiger partial charge is 0.140 e. The van der Waals surface area contributed by atoms with Crippen LogP contribution in [0.4, 0.5) is 5.82 Å². The van der Waals surface area contributed by atoms with Crippen LogP contribution in [0.5, 0.6) is 0 Å². The molecule has 4 heteroatoms. The molecular weight excluding hydrogens is 236 g/mol. The van der Waals surface area contributed by atoms with Crippen molar-refractivity contribution in [2.75, 3.05) is 12.5 Å². The number of hydrogen-bond acceptors (Lipinski definition) is 4.